The summed E-state index contributed by atoms with van der Waals surface area (Å²) in [5.41, 5.74) is -0.343. The van der Waals surface area contributed by atoms with Gasteiger partial charge >= 0.3 is 12.1 Å². The van der Waals surface area contributed by atoms with E-state index >= 15 is 0 Å². The minimum atomic E-state index is -0.787. The fourth-order valence-electron chi connectivity index (χ4n) is 1.38. The third-order valence-corrected chi connectivity index (χ3v) is 2.85. The van der Waals surface area contributed by atoms with Gasteiger partial charge in [-0.1, -0.05) is 12.0 Å². The lowest BCUT2D eigenvalue weighted by Gasteiger charge is -2.18. The Labute approximate surface area is 141 Å². The van der Waals surface area contributed by atoms with E-state index in [0.29, 0.717) is 5.69 Å². The van der Waals surface area contributed by atoms with Gasteiger partial charge < -0.3 is 14.8 Å². The molecule has 1 aromatic carbocycles. The van der Waals surface area contributed by atoms with E-state index in [1.165, 1.54) is 20.2 Å². The fraction of sp³-hybridized carbons (Fsp3) is 0.375. The molecule has 0 atom stereocenters. The molecule has 0 saturated carbocycles. The van der Waals surface area contributed by atoms with Gasteiger partial charge in [-0.2, -0.15) is 0 Å². The Morgan fingerprint density at radius 2 is 2.08 bits per heavy atom. The molecule has 8 nitrogen and oxygen atoms in total. The van der Waals surface area contributed by atoms with Crippen molar-refractivity contribution >= 4 is 17.8 Å². The van der Waals surface area contributed by atoms with Crippen LogP contribution in [0.4, 0.5) is 15.3 Å². The van der Waals surface area contributed by atoms with Crippen LogP contribution in [0.3, 0.4) is 0 Å². The van der Waals surface area contributed by atoms with Gasteiger partial charge in [-0.3, -0.25) is 10.2 Å². The van der Waals surface area contributed by atoms with E-state index in [0.717, 1.165) is 5.06 Å². The molecule has 0 unspecified atom stereocenters. The average Bonchev–Trinajstić information content (AvgIpc) is 2.54. The summed E-state index contributed by atoms with van der Waals surface area (Å²) < 4.78 is 10.4. The van der Waals surface area contributed by atoms with Crippen molar-refractivity contribution in [3.05, 3.63) is 24.3 Å². The molecule has 0 heterocycles. The number of terminal acetylenes is 1. The van der Waals surface area contributed by atoms with Gasteiger partial charge in [0.2, 0.25) is 0 Å². The minimum Gasteiger partial charge on any atom is -0.410 e. The van der Waals surface area contributed by atoms with Gasteiger partial charge in [0.25, 0.3) is 0 Å². The molecule has 0 aliphatic rings. The van der Waals surface area contributed by atoms with E-state index in [4.69, 9.17) is 20.7 Å². The van der Waals surface area contributed by atoms with Crippen LogP contribution in [0.2, 0.25) is 0 Å². The third-order valence-electron chi connectivity index (χ3n) is 2.85. The summed E-state index contributed by atoms with van der Waals surface area (Å²) in [6, 6.07) is 5.87. The number of carbonyl (C=O) groups excluding carboxylic acids is 2. The number of urea groups is 1. The Hall–Kier alpha value is -2.76. The number of rotatable bonds is 6. The number of hydrogen-bond acceptors (Lipinski definition) is 5. The second-order valence-electron chi connectivity index (χ2n) is 5.15. The van der Waals surface area contributed by atoms with Gasteiger partial charge in [0, 0.05) is 18.8 Å². The standard InChI is InChI=1S/C16H21N3O5/c1-6-16(2,3)23-11-17-15(21)24-13-9-7-8-12(10-13)18-14(20)19(4)22-5/h1,7-10H,11H2,2-5H3,(H,17,21)(H,18,20). The van der Waals surface area contributed by atoms with Gasteiger partial charge in [0.15, 0.2) is 0 Å². The molecule has 0 fully saturated rings. The molecule has 24 heavy (non-hydrogen) atoms. The highest BCUT2D eigenvalue weighted by Crippen LogP contribution is 2.18. The second-order valence-corrected chi connectivity index (χ2v) is 5.15. The van der Waals surface area contributed by atoms with Gasteiger partial charge in [-0.05, 0) is 26.0 Å². The van der Waals surface area contributed by atoms with E-state index in [1.807, 2.05) is 0 Å². The summed E-state index contributed by atoms with van der Waals surface area (Å²) in [5, 5.41) is 6.01. The molecule has 0 saturated heterocycles. The largest absolute Gasteiger partial charge is 0.414 e. The Morgan fingerprint density at radius 1 is 1.38 bits per heavy atom. The molecule has 0 spiro atoms. The maximum atomic E-state index is 11.7. The number of benzene rings is 1. The second kappa shape index (κ2) is 8.76. The lowest BCUT2D eigenvalue weighted by Crippen LogP contribution is -2.34. The van der Waals surface area contributed by atoms with Gasteiger partial charge in [-0.15, -0.1) is 6.42 Å². The predicted octanol–water partition coefficient (Wildman–Crippen LogP) is 2.19. The van der Waals surface area contributed by atoms with E-state index < -0.39 is 17.7 Å². The topological polar surface area (TPSA) is 89.1 Å². The SMILES string of the molecule is C#CC(C)(C)OCNC(=O)Oc1cccc(NC(=O)N(C)OC)c1. The highest BCUT2D eigenvalue weighted by molar-refractivity contribution is 5.88. The number of ether oxygens (including phenoxy) is 2. The summed E-state index contributed by atoms with van der Waals surface area (Å²) in [7, 11) is 2.83. The van der Waals surface area contributed by atoms with Crippen molar-refractivity contribution < 1.29 is 23.9 Å². The zero-order chi connectivity index (χ0) is 18.2. The number of nitrogens with one attached hydrogen (secondary N) is 2. The molecule has 0 radical (unpaired) electrons. The first-order chi connectivity index (χ1) is 11.3. The highest BCUT2D eigenvalue weighted by Gasteiger charge is 2.15. The molecule has 0 bridgehead atoms. The molecular weight excluding hydrogens is 314 g/mol. The molecule has 0 aliphatic heterocycles. The monoisotopic (exact) mass is 335 g/mol. The predicted molar refractivity (Wildman–Crippen MR) is 88.3 cm³/mol. The van der Waals surface area contributed by atoms with Crippen LogP contribution in [-0.4, -0.2) is 43.7 Å². The summed E-state index contributed by atoms with van der Waals surface area (Å²) in [6.45, 7) is 3.30. The number of amides is 3. The Balaban J connectivity index is 2.54. The van der Waals surface area contributed by atoms with E-state index in [1.54, 1.807) is 32.0 Å². The minimum absolute atomic E-state index is 0.0922. The summed E-state index contributed by atoms with van der Waals surface area (Å²) in [6.07, 6.45) is 4.56. The fourth-order valence-corrected chi connectivity index (χ4v) is 1.38. The molecule has 8 heteroatoms. The molecular formula is C16H21N3O5. The smallest absolute Gasteiger partial charge is 0.410 e. The van der Waals surface area contributed by atoms with Crippen molar-refractivity contribution in [2.45, 2.75) is 19.4 Å². The first kappa shape index (κ1) is 19.3. The van der Waals surface area contributed by atoms with Gasteiger partial charge in [-0.25, -0.2) is 14.7 Å². The van der Waals surface area contributed by atoms with Crippen LogP contribution in [0, 0.1) is 12.3 Å². The number of nitrogens with zero attached hydrogens (tertiary/aromatic N) is 1. The Kier molecular flexibility index (Phi) is 7.04. The molecule has 130 valence electrons. The number of hydroxylamine groups is 2. The van der Waals surface area contributed by atoms with E-state index in [9.17, 15) is 9.59 Å². The van der Waals surface area contributed by atoms with Crippen LogP contribution in [0.5, 0.6) is 5.75 Å². The first-order valence-corrected chi connectivity index (χ1v) is 7.03. The summed E-state index contributed by atoms with van der Waals surface area (Å²) >= 11 is 0. The number of anilines is 1. The first-order valence-electron chi connectivity index (χ1n) is 7.03. The molecule has 1 aromatic rings. The average molecular weight is 335 g/mol. The molecule has 1 rings (SSSR count). The van der Waals surface area contributed by atoms with Crippen molar-refractivity contribution in [3.63, 3.8) is 0 Å². The molecule has 2 N–H and O–H groups in total. The van der Waals surface area contributed by atoms with Crippen LogP contribution < -0.4 is 15.4 Å². The van der Waals surface area contributed by atoms with Gasteiger partial charge in [0.1, 0.15) is 18.1 Å². The van der Waals surface area contributed by atoms with Crippen LogP contribution >= 0.6 is 0 Å². The number of carbonyl (C=O) groups is 2. The Morgan fingerprint density at radius 3 is 2.71 bits per heavy atom. The van der Waals surface area contributed by atoms with Crippen molar-refractivity contribution in [3.8, 4) is 18.1 Å². The third kappa shape index (κ3) is 6.56. The highest BCUT2D eigenvalue weighted by atomic mass is 16.7. The molecule has 0 aromatic heterocycles. The van der Waals surface area contributed by atoms with Crippen LogP contribution in [0.1, 0.15) is 13.8 Å². The normalized spacial score (nSPS) is 10.5. The van der Waals surface area contributed by atoms with Gasteiger partial charge in [0.05, 0.1) is 7.11 Å². The quantitative estimate of drug-likeness (QED) is 0.472. The van der Waals surface area contributed by atoms with Crippen molar-refractivity contribution in [1.29, 1.82) is 0 Å². The Bertz CT molecular complexity index is 624. The maximum absolute atomic E-state index is 11.7. The van der Waals surface area contributed by atoms with Crippen LogP contribution in [0.25, 0.3) is 0 Å². The summed E-state index contributed by atoms with van der Waals surface area (Å²) in [5.74, 6) is 2.69. The van der Waals surface area contributed by atoms with Crippen molar-refractivity contribution in [2.24, 2.45) is 0 Å². The molecule has 0 aliphatic carbocycles. The lowest BCUT2D eigenvalue weighted by molar-refractivity contribution is -0.0598. The lowest BCUT2D eigenvalue weighted by atomic mass is 10.2. The maximum Gasteiger partial charge on any atom is 0.414 e. The number of hydrogen-bond donors (Lipinski definition) is 2. The van der Waals surface area contributed by atoms with Crippen LogP contribution in [0.15, 0.2) is 24.3 Å². The zero-order valence-electron chi connectivity index (χ0n) is 14.1. The van der Waals surface area contributed by atoms with E-state index in [2.05, 4.69) is 16.6 Å². The zero-order valence-corrected chi connectivity index (χ0v) is 14.1. The summed E-state index contributed by atoms with van der Waals surface area (Å²) in [4.78, 5) is 28.1. The van der Waals surface area contributed by atoms with Crippen LogP contribution in [-0.2, 0) is 9.57 Å². The van der Waals surface area contributed by atoms with Crippen molar-refractivity contribution in [1.82, 2.24) is 10.4 Å². The van der Waals surface area contributed by atoms with Crippen molar-refractivity contribution in [2.75, 3.05) is 26.2 Å². The van der Waals surface area contributed by atoms with E-state index in [-0.39, 0.29) is 12.5 Å². The molecule has 3 amide bonds.